The zero-order valence-electron chi connectivity index (χ0n) is 10.5. The third-order valence-corrected chi connectivity index (χ3v) is 3.55. The van der Waals surface area contributed by atoms with Crippen LogP contribution < -0.4 is 16.2 Å². The summed E-state index contributed by atoms with van der Waals surface area (Å²) >= 11 is 0. The van der Waals surface area contributed by atoms with Gasteiger partial charge in [0.25, 0.3) is 6.43 Å². The van der Waals surface area contributed by atoms with E-state index >= 15 is 0 Å². The van der Waals surface area contributed by atoms with Crippen LogP contribution in [0.5, 0.6) is 5.75 Å². The number of rotatable bonds is 2. The number of alkyl halides is 2. The van der Waals surface area contributed by atoms with E-state index < -0.39 is 18.2 Å². The number of fused-ring (bicyclic) bond motifs is 1. The van der Waals surface area contributed by atoms with Crippen molar-refractivity contribution in [2.24, 2.45) is 11.5 Å². The first kappa shape index (κ1) is 13.0. The average Bonchev–Trinajstić information content (AvgIpc) is 2.72. The van der Waals surface area contributed by atoms with Crippen molar-refractivity contribution in [1.82, 2.24) is 4.98 Å². The standard InChI is InChI=1S/C14H13F2N3O/c15-12(16)8-2-1-3-9(6-8)14(18)10-4-5-19-7-11(10)20-13(14)17/h1-7,12-13H,17-18H2. The number of hydrogen-bond donors (Lipinski definition) is 2. The summed E-state index contributed by atoms with van der Waals surface area (Å²) in [6, 6.07) is 7.62. The van der Waals surface area contributed by atoms with Crippen molar-refractivity contribution in [3.63, 3.8) is 0 Å². The molecule has 3 rings (SSSR count). The molecule has 1 aromatic heterocycles. The second-order valence-corrected chi connectivity index (χ2v) is 4.71. The van der Waals surface area contributed by atoms with Gasteiger partial charge in [-0.05, 0) is 17.7 Å². The SMILES string of the molecule is NC1Oc2cnccc2C1(N)c1cccc(C(F)F)c1. The Labute approximate surface area is 114 Å². The number of ether oxygens (including phenoxy) is 1. The largest absolute Gasteiger partial charge is 0.471 e. The van der Waals surface area contributed by atoms with Gasteiger partial charge in [0.05, 0.1) is 6.20 Å². The van der Waals surface area contributed by atoms with Crippen LogP contribution in [0.15, 0.2) is 42.7 Å². The van der Waals surface area contributed by atoms with Gasteiger partial charge in [0.1, 0.15) is 11.3 Å². The van der Waals surface area contributed by atoms with Crippen molar-refractivity contribution in [1.29, 1.82) is 0 Å². The lowest BCUT2D eigenvalue weighted by atomic mass is 9.83. The molecule has 1 aliphatic heterocycles. The third kappa shape index (κ3) is 1.76. The Morgan fingerprint density at radius 2 is 2.10 bits per heavy atom. The Hall–Kier alpha value is -2.05. The summed E-state index contributed by atoms with van der Waals surface area (Å²) in [7, 11) is 0. The summed E-state index contributed by atoms with van der Waals surface area (Å²) in [6.07, 6.45) is -0.330. The number of benzene rings is 1. The Morgan fingerprint density at radius 1 is 1.30 bits per heavy atom. The van der Waals surface area contributed by atoms with Crippen molar-refractivity contribution in [2.45, 2.75) is 18.2 Å². The van der Waals surface area contributed by atoms with Gasteiger partial charge >= 0.3 is 0 Å². The molecule has 6 heteroatoms. The molecule has 2 aromatic rings. The van der Waals surface area contributed by atoms with Gasteiger partial charge in [-0.3, -0.25) is 10.7 Å². The van der Waals surface area contributed by atoms with E-state index in [9.17, 15) is 8.78 Å². The molecule has 0 radical (unpaired) electrons. The van der Waals surface area contributed by atoms with Crippen LogP contribution in [0.3, 0.4) is 0 Å². The Kier molecular flexibility index (Phi) is 2.92. The minimum atomic E-state index is -2.56. The molecular weight excluding hydrogens is 264 g/mol. The molecule has 1 aliphatic rings. The highest BCUT2D eigenvalue weighted by Crippen LogP contribution is 2.42. The normalized spacial score (nSPS) is 24.6. The molecule has 0 aliphatic carbocycles. The second kappa shape index (κ2) is 4.50. The van der Waals surface area contributed by atoms with E-state index in [1.807, 2.05) is 0 Å². The topological polar surface area (TPSA) is 74.2 Å². The molecule has 2 heterocycles. The molecule has 1 aromatic carbocycles. The lowest BCUT2D eigenvalue weighted by molar-refractivity contribution is 0.150. The van der Waals surface area contributed by atoms with Gasteiger partial charge in [-0.2, -0.15) is 0 Å². The monoisotopic (exact) mass is 277 g/mol. The lowest BCUT2D eigenvalue weighted by Gasteiger charge is -2.28. The lowest BCUT2D eigenvalue weighted by Crippen LogP contribution is -2.52. The van der Waals surface area contributed by atoms with Crippen LogP contribution in [0.25, 0.3) is 0 Å². The molecule has 20 heavy (non-hydrogen) atoms. The fraction of sp³-hybridized carbons (Fsp3) is 0.214. The van der Waals surface area contributed by atoms with Crippen molar-refractivity contribution in [3.8, 4) is 5.75 Å². The van der Waals surface area contributed by atoms with Crippen molar-refractivity contribution in [3.05, 3.63) is 59.4 Å². The van der Waals surface area contributed by atoms with Gasteiger partial charge in [-0.25, -0.2) is 8.78 Å². The molecule has 0 fully saturated rings. The van der Waals surface area contributed by atoms with Crippen LogP contribution >= 0.6 is 0 Å². The van der Waals surface area contributed by atoms with Crippen molar-refractivity contribution < 1.29 is 13.5 Å². The molecule has 0 amide bonds. The number of nitrogens with two attached hydrogens (primary N) is 2. The van der Waals surface area contributed by atoms with Crippen LogP contribution in [-0.4, -0.2) is 11.2 Å². The Bertz CT molecular complexity index is 650. The van der Waals surface area contributed by atoms with Crippen molar-refractivity contribution >= 4 is 0 Å². The maximum Gasteiger partial charge on any atom is 0.263 e. The van der Waals surface area contributed by atoms with E-state index in [2.05, 4.69) is 4.98 Å². The van der Waals surface area contributed by atoms with Crippen LogP contribution in [0.4, 0.5) is 8.78 Å². The maximum absolute atomic E-state index is 12.8. The number of aromatic nitrogens is 1. The van der Waals surface area contributed by atoms with E-state index in [1.165, 1.54) is 24.4 Å². The van der Waals surface area contributed by atoms with Gasteiger partial charge < -0.3 is 10.5 Å². The highest BCUT2D eigenvalue weighted by Gasteiger charge is 2.46. The molecule has 0 saturated carbocycles. The molecule has 0 spiro atoms. The van der Waals surface area contributed by atoms with Crippen LogP contribution in [0.1, 0.15) is 23.1 Å². The van der Waals surface area contributed by atoms with Crippen LogP contribution in [0.2, 0.25) is 0 Å². The first-order valence-corrected chi connectivity index (χ1v) is 6.07. The zero-order valence-corrected chi connectivity index (χ0v) is 10.5. The Balaban J connectivity index is 2.15. The van der Waals surface area contributed by atoms with Gasteiger partial charge in [0, 0.05) is 17.3 Å². The van der Waals surface area contributed by atoms with Gasteiger partial charge in [0.15, 0.2) is 6.23 Å². The predicted molar refractivity (Wildman–Crippen MR) is 69.2 cm³/mol. The van der Waals surface area contributed by atoms with E-state index in [4.69, 9.17) is 16.2 Å². The smallest absolute Gasteiger partial charge is 0.263 e. The molecule has 4 nitrogen and oxygen atoms in total. The van der Waals surface area contributed by atoms with E-state index in [1.54, 1.807) is 18.3 Å². The summed E-state index contributed by atoms with van der Waals surface area (Å²) in [5.74, 6) is 0.477. The molecule has 0 bridgehead atoms. The molecule has 104 valence electrons. The Morgan fingerprint density at radius 3 is 2.85 bits per heavy atom. The predicted octanol–water partition coefficient (Wildman–Crippen LogP) is 1.90. The van der Waals surface area contributed by atoms with Gasteiger partial charge in [-0.1, -0.05) is 18.2 Å². The molecule has 2 atom stereocenters. The van der Waals surface area contributed by atoms with E-state index in [0.29, 0.717) is 16.9 Å². The van der Waals surface area contributed by atoms with Gasteiger partial charge in [-0.15, -0.1) is 0 Å². The summed E-state index contributed by atoms with van der Waals surface area (Å²) in [5, 5.41) is 0. The minimum absolute atomic E-state index is 0.0953. The average molecular weight is 277 g/mol. The quantitative estimate of drug-likeness (QED) is 0.879. The summed E-state index contributed by atoms with van der Waals surface area (Å²) in [6.45, 7) is 0. The number of halogens is 2. The highest BCUT2D eigenvalue weighted by atomic mass is 19.3. The number of nitrogens with zero attached hydrogens (tertiary/aromatic N) is 1. The fourth-order valence-electron chi connectivity index (χ4n) is 2.45. The van der Waals surface area contributed by atoms with Crippen LogP contribution in [-0.2, 0) is 5.54 Å². The molecule has 0 saturated heterocycles. The molecule has 4 N–H and O–H groups in total. The summed E-state index contributed by atoms with van der Waals surface area (Å²) in [4.78, 5) is 3.94. The zero-order chi connectivity index (χ0) is 14.3. The molecular formula is C14H13F2N3O. The summed E-state index contributed by atoms with van der Waals surface area (Å²) < 4.78 is 31.2. The second-order valence-electron chi connectivity index (χ2n) is 4.71. The van der Waals surface area contributed by atoms with Crippen LogP contribution in [0, 0.1) is 0 Å². The third-order valence-electron chi connectivity index (χ3n) is 3.55. The maximum atomic E-state index is 12.8. The van der Waals surface area contributed by atoms with E-state index in [-0.39, 0.29) is 5.56 Å². The minimum Gasteiger partial charge on any atom is -0.471 e. The van der Waals surface area contributed by atoms with Crippen molar-refractivity contribution in [2.75, 3.05) is 0 Å². The molecule has 2 unspecified atom stereocenters. The fourth-order valence-corrected chi connectivity index (χ4v) is 2.45. The van der Waals surface area contributed by atoms with Gasteiger partial charge in [0.2, 0.25) is 0 Å². The first-order valence-electron chi connectivity index (χ1n) is 6.07. The highest BCUT2D eigenvalue weighted by molar-refractivity contribution is 5.50. The number of hydrogen-bond acceptors (Lipinski definition) is 4. The summed E-state index contributed by atoms with van der Waals surface area (Å²) in [5.41, 5.74) is 12.2. The van der Waals surface area contributed by atoms with E-state index in [0.717, 1.165) is 0 Å². The number of pyridine rings is 1. The first-order chi connectivity index (χ1) is 9.53.